The number of rotatable bonds is 1. The van der Waals surface area contributed by atoms with Crippen molar-refractivity contribution < 1.29 is 13.2 Å². The summed E-state index contributed by atoms with van der Waals surface area (Å²) < 4.78 is 39.8. The molecule has 0 aliphatic heterocycles. The molecule has 0 unspecified atom stereocenters. The first kappa shape index (κ1) is 10.5. The van der Waals surface area contributed by atoms with Crippen LogP contribution in [0.2, 0.25) is 0 Å². The molecule has 2 aromatic carbocycles. The van der Waals surface area contributed by atoms with Gasteiger partial charge in [-0.15, -0.1) is 0 Å². The van der Waals surface area contributed by atoms with Crippen molar-refractivity contribution in [1.82, 2.24) is 0 Å². The molecule has 0 fully saturated rings. The van der Waals surface area contributed by atoms with Gasteiger partial charge in [0.1, 0.15) is 5.82 Å². The molecular weight excluding hydrogens is 215 g/mol. The second-order valence-corrected chi connectivity index (χ2v) is 3.34. The Hall–Kier alpha value is -1.97. The van der Waals surface area contributed by atoms with Gasteiger partial charge in [0.05, 0.1) is 5.56 Å². The third-order valence-corrected chi connectivity index (χ3v) is 2.22. The second-order valence-electron chi connectivity index (χ2n) is 3.34. The highest BCUT2D eigenvalue weighted by molar-refractivity contribution is 5.68. The van der Waals surface area contributed by atoms with Crippen molar-refractivity contribution in [2.24, 2.45) is 0 Å². The van der Waals surface area contributed by atoms with Crippen LogP contribution in [0.15, 0.2) is 36.4 Å². The molecule has 0 amide bonds. The number of nitrogen functional groups attached to an aromatic ring is 1. The fraction of sp³-hybridized carbons (Fsp3) is 0. The summed E-state index contributed by atoms with van der Waals surface area (Å²) >= 11 is 0. The zero-order valence-corrected chi connectivity index (χ0v) is 8.18. The highest BCUT2D eigenvalue weighted by Crippen LogP contribution is 2.28. The topological polar surface area (TPSA) is 26.0 Å². The van der Waals surface area contributed by atoms with Crippen molar-refractivity contribution >= 4 is 5.69 Å². The van der Waals surface area contributed by atoms with Crippen molar-refractivity contribution in [1.29, 1.82) is 0 Å². The largest absolute Gasteiger partial charge is 0.399 e. The molecule has 2 rings (SSSR count). The molecule has 0 saturated heterocycles. The molecule has 0 spiro atoms. The van der Waals surface area contributed by atoms with Crippen LogP contribution >= 0.6 is 0 Å². The van der Waals surface area contributed by atoms with Crippen molar-refractivity contribution in [2.75, 3.05) is 5.73 Å². The number of benzene rings is 2. The normalized spacial score (nSPS) is 10.4. The number of anilines is 1. The molecule has 0 bridgehead atoms. The third-order valence-electron chi connectivity index (χ3n) is 2.22. The van der Waals surface area contributed by atoms with Gasteiger partial charge in [-0.2, -0.15) is 0 Å². The van der Waals surface area contributed by atoms with E-state index in [4.69, 9.17) is 5.73 Å². The average Bonchev–Trinajstić information content (AvgIpc) is 2.24. The minimum Gasteiger partial charge on any atom is -0.399 e. The summed E-state index contributed by atoms with van der Waals surface area (Å²) in [5.74, 6) is -3.10. The zero-order valence-electron chi connectivity index (χ0n) is 8.18. The zero-order chi connectivity index (χ0) is 11.7. The van der Waals surface area contributed by atoms with E-state index in [0.29, 0.717) is 5.69 Å². The van der Waals surface area contributed by atoms with Crippen LogP contribution in [0.1, 0.15) is 0 Å². The van der Waals surface area contributed by atoms with E-state index < -0.39 is 23.0 Å². The predicted molar refractivity (Wildman–Crippen MR) is 56.2 cm³/mol. The number of hydrogen-bond donors (Lipinski definition) is 1. The Kier molecular flexibility index (Phi) is 2.56. The molecule has 82 valence electrons. The minimum atomic E-state index is -1.20. The molecule has 0 radical (unpaired) electrons. The highest BCUT2D eigenvalue weighted by atomic mass is 19.2. The molecule has 0 aromatic heterocycles. The Morgan fingerprint density at radius 3 is 2.25 bits per heavy atom. The standard InChI is InChI=1S/C12H8F3N/c13-9-4-5-10(14)12(15)11(9)7-2-1-3-8(16)6-7/h1-6H,16H2. The molecule has 0 aliphatic carbocycles. The van der Waals surface area contributed by atoms with Gasteiger partial charge in [0, 0.05) is 5.69 Å². The molecule has 16 heavy (non-hydrogen) atoms. The smallest absolute Gasteiger partial charge is 0.169 e. The Bertz CT molecular complexity index is 538. The summed E-state index contributed by atoms with van der Waals surface area (Å²) in [4.78, 5) is 0. The summed E-state index contributed by atoms with van der Waals surface area (Å²) in [7, 11) is 0. The van der Waals surface area contributed by atoms with Gasteiger partial charge in [0.25, 0.3) is 0 Å². The molecular formula is C12H8F3N. The lowest BCUT2D eigenvalue weighted by Crippen LogP contribution is -1.95. The van der Waals surface area contributed by atoms with Gasteiger partial charge in [-0.3, -0.25) is 0 Å². The third kappa shape index (κ3) is 1.74. The van der Waals surface area contributed by atoms with Crippen molar-refractivity contribution in [3.8, 4) is 11.1 Å². The maximum Gasteiger partial charge on any atom is 0.169 e. The summed E-state index contributed by atoms with van der Waals surface area (Å²) in [6.07, 6.45) is 0. The Morgan fingerprint density at radius 1 is 0.875 bits per heavy atom. The quantitative estimate of drug-likeness (QED) is 0.582. The minimum absolute atomic E-state index is 0.217. The average molecular weight is 223 g/mol. The number of halogens is 3. The molecule has 1 nitrogen and oxygen atoms in total. The van der Waals surface area contributed by atoms with Gasteiger partial charge < -0.3 is 5.73 Å². The van der Waals surface area contributed by atoms with Crippen LogP contribution in [0.25, 0.3) is 11.1 Å². The van der Waals surface area contributed by atoms with Crippen molar-refractivity contribution in [3.05, 3.63) is 53.8 Å². The van der Waals surface area contributed by atoms with E-state index in [1.807, 2.05) is 0 Å². The predicted octanol–water partition coefficient (Wildman–Crippen LogP) is 3.35. The molecule has 2 N–H and O–H groups in total. The van der Waals surface area contributed by atoms with E-state index in [0.717, 1.165) is 12.1 Å². The first-order valence-corrected chi connectivity index (χ1v) is 4.59. The number of hydrogen-bond acceptors (Lipinski definition) is 1. The van der Waals surface area contributed by atoms with Crippen LogP contribution in [0.5, 0.6) is 0 Å². The van der Waals surface area contributed by atoms with Gasteiger partial charge in [0.2, 0.25) is 0 Å². The summed E-state index contributed by atoms with van der Waals surface area (Å²) in [6.45, 7) is 0. The van der Waals surface area contributed by atoms with E-state index in [2.05, 4.69) is 0 Å². The molecule has 4 heteroatoms. The van der Waals surface area contributed by atoms with E-state index in [1.54, 1.807) is 12.1 Å². The monoisotopic (exact) mass is 223 g/mol. The first-order valence-electron chi connectivity index (χ1n) is 4.59. The van der Waals surface area contributed by atoms with E-state index in [1.165, 1.54) is 12.1 Å². The van der Waals surface area contributed by atoms with E-state index in [9.17, 15) is 13.2 Å². The molecule has 2 aromatic rings. The van der Waals surface area contributed by atoms with Crippen molar-refractivity contribution in [3.63, 3.8) is 0 Å². The summed E-state index contributed by atoms with van der Waals surface area (Å²) in [6, 6.07) is 7.63. The van der Waals surface area contributed by atoms with Gasteiger partial charge in [-0.25, -0.2) is 13.2 Å². The highest BCUT2D eigenvalue weighted by Gasteiger charge is 2.15. The van der Waals surface area contributed by atoms with Crippen LogP contribution in [-0.4, -0.2) is 0 Å². The van der Waals surface area contributed by atoms with Crippen LogP contribution in [0, 0.1) is 17.5 Å². The Labute approximate surface area is 90.3 Å². The van der Waals surface area contributed by atoms with Gasteiger partial charge in [-0.05, 0) is 29.8 Å². The van der Waals surface area contributed by atoms with Crippen LogP contribution in [-0.2, 0) is 0 Å². The van der Waals surface area contributed by atoms with Crippen LogP contribution < -0.4 is 5.73 Å². The molecule has 0 saturated carbocycles. The summed E-state index contributed by atoms with van der Waals surface area (Å²) in [5, 5.41) is 0. The maximum absolute atomic E-state index is 13.4. The van der Waals surface area contributed by atoms with Gasteiger partial charge >= 0.3 is 0 Å². The lowest BCUT2D eigenvalue weighted by molar-refractivity contribution is 0.499. The van der Waals surface area contributed by atoms with Crippen LogP contribution in [0.4, 0.5) is 18.9 Å². The summed E-state index contributed by atoms with van der Waals surface area (Å²) in [5.41, 5.74) is 5.68. The van der Waals surface area contributed by atoms with Crippen molar-refractivity contribution in [2.45, 2.75) is 0 Å². The lowest BCUT2D eigenvalue weighted by Gasteiger charge is -2.06. The fourth-order valence-corrected chi connectivity index (χ4v) is 1.49. The Morgan fingerprint density at radius 2 is 1.56 bits per heavy atom. The fourth-order valence-electron chi connectivity index (χ4n) is 1.49. The van der Waals surface area contributed by atoms with E-state index >= 15 is 0 Å². The Balaban J connectivity index is 2.68. The molecule has 0 aliphatic rings. The first-order chi connectivity index (χ1) is 7.59. The maximum atomic E-state index is 13.4. The second kappa shape index (κ2) is 3.89. The van der Waals surface area contributed by atoms with Gasteiger partial charge in [0.15, 0.2) is 11.6 Å². The van der Waals surface area contributed by atoms with E-state index in [-0.39, 0.29) is 5.56 Å². The number of nitrogens with two attached hydrogens (primary N) is 1. The molecule has 0 heterocycles. The van der Waals surface area contributed by atoms with Crippen LogP contribution in [0.3, 0.4) is 0 Å². The SMILES string of the molecule is Nc1cccc(-c2c(F)ccc(F)c2F)c1. The lowest BCUT2D eigenvalue weighted by atomic mass is 10.0. The molecule has 0 atom stereocenters. The van der Waals surface area contributed by atoms with Gasteiger partial charge in [-0.1, -0.05) is 12.1 Å².